The van der Waals surface area contributed by atoms with E-state index in [0.717, 1.165) is 54.9 Å². The van der Waals surface area contributed by atoms with E-state index in [0.29, 0.717) is 24.3 Å². The summed E-state index contributed by atoms with van der Waals surface area (Å²) in [6.45, 7) is 6.11. The highest BCUT2D eigenvalue weighted by atomic mass is 16.5. The lowest BCUT2D eigenvalue weighted by atomic mass is 10.1. The summed E-state index contributed by atoms with van der Waals surface area (Å²) in [7, 11) is 0. The fourth-order valence-corrected chi connectivity index (χ4v) is 4.32. The van der Waals surface area contributed by atoms with Crippen molar-refractivity contribution in [1.29, 1.82) is 0 Å². The molecule has 0 unspecified atom stereocenters. The van der Waals surface area contributed by atoms with Gasteiger partial charge in [-0.05, 0) is 82.0 Å². The SMILES string of the molecule is [2H]C(C)(C)N(Cc1cc(N2CCC2)ccc1OCCCCCC(=O)O)C(=O)c1ccc(-c2ccco2)cc1. The first kappa shape index (κ1) is 24.9. The average molecular weight is 506 g/mol. The van der Waals surface area contributed by atoms with Gasteiger partial charge in [-0.2, -0.15) is 0 Å². The third-order valence-electron chi connectivity index (χ3n) is 6.61. The Morgan fingerprint density at radius 1 is 1.11 bits per heavy atom. The molecule has 1 aliphatic rings. The summed E-state index contributed by atoms with van der Waals surface area (Å²) >= 11 is 0. The van der Waals surface area contributed by atoms with E-state index in [4.69, 9.17) is 15.6 Å². The Bertz CT molecular complexity index is 1210. The number of benzene rings is 2. The minimum Gasteiger partial charge on any atom is -0.493 e. The second-order valence-corrected chi connectivity index (χ2v) is 9.58. The molecule has 0 aliphatic carbocycles. The number of carboxylic acid groups (broad SMARTS) is 1. The van der Waals surface area contributed by atoms with Gasteiger partial charge in [-0.15, -0.1) is 0 Å². The lowest BCUT2D eigenvalue weighted by molar-refractivity contribution is -0.137. The molecule has 1 amide bonds. The quantitative estimate of drug-likeness (QED) is 0.277. The van der Waals surface area contributed by atoms with Crippen LogP contribution >= 0.6 is 0 Å². The number of carboxylic acids is 1. The predicted octanol–water partition coefficient (Wildman–Crippen LogP) is 6.23. The lowest BCUT2D eigenvalue weighted by Crippen LogP contribution is -2.38. The molecular weight excluding hydrogens is 468 g/mol. The van der Waals surface area contributed by atoms with Crippen LogP contribution in [0, 0.1) is 0 Å². The number of hydrogen-bond acceptors (Lipinski definition) is 5. The molecule has 2 heterocycles. The second-order valence-electron chi connectivity index (χ2n) is 9.58. The number of rotatable bonds is 13. The van der Waals surface area contributed by atoms with Crippen molar-refractivity contribution in [2.45, 2.75) is 58.5 Å². The lowest BCUT2D eigenvalue weighted by Gasteiger charge is -2.34. The Balaban J connectivity index is 1.52. The average Bonchev–Trinajstić information content (AvgIpc) is 3.38. The van der Waals surface area contributed by atoms with Crippen LogP contribution in [0.15, 0.2) is 65.3 Å². The van der Waals surface area contributed by atoms with Gasteiger partial charge in [0.1, 0.15) is 11.5 Å². The van der Waals surface area contributed by atoms with Crippen molar-refractivity contribution in [1.82, 2.24) is 4.90 Å². The highest BCUT2D eigenvalue weighted by Gasteiger charge is 2.23. The van der Waals surface area contributed by atoms with Crippen LogP contribution in [0.25, 0.3) is 11.3 Å². The van der Waals surface area contributed by atoms with Gasteiger partial charge in [-0.1, -0.05) is 12.1 Å². The van der Waals surface area contributed by atoms with Gasteiger partial charge in [-0.3, -0.25) is 9.59 Å². The Labute approximate surface area is 220 Å². The highest BCUT2D eigenvalue weighted by molar-refractivity contribution is 5.95. The number of aliphatic carboxylic acids is 1. The van der Waals surface area contributed by atoms with E-state index in [1.54, 1.807) is 37.1 Å². The van der Waals surface area contributed by atoms with Crippen LogP contribution in [0.2, 0.25) is 0 Å². The molecule has 0 atom stereocenters. The number of hydrogen-bond donors (Lipinski definition) is 1. The van der Waals surface area contributed by atoms with Gasteiger partial charge in [0.2, 0.25) is 0 Å². The summed E-state index contributed by atoms with van der Waals surface area (Å²) in [6.07, 6.45) is 5.06. The summed E-state index contributed by atoms with van der Waals surface area (Å²) in [4.78, 5) is 28.2. The van der Waals surface area contributed by atoms with Crippen molar-refractivity contribution in [2.24, 2.45) is 0 Å². The molecule has 7 nitrogen and oxygen atoms in total. The fourth-order valence-electron chi connectivity index (χ4n) is 4.32. The number of nitrogens with zero attached hydrogens (tertiary/aromatic N) is 2. The molecule has 0 saturated carbocycles. The Hall–Kier alpha value is -3.74. The van der Waals surface area contributed by atoms with Crippen molar-refractivity contribution >= 4 is 17.6 Å². The summed E-state index contributed by atoms with van der Waals surface area (Å²) in [5, 5.41) is 8.83. The third kappa shape index (κ3) is 6.94. The molecule has 1 saturated heterocycles. The number of ether oxygens (including phenoxy) is 1. The molecule has 0 spiro atoms. The molecule has 7 heteroatoms. The smallest absolute Gasteiger partial charge is 0.303 e. The molecule has 1 N–H and O–H groups in total. The number of carbonyl (C=O) groups excluding carboxylic acids is 1. The third-order valence-corrected chi connectivity index (χ3v) is 6.61. The van der Waals surface area contributed by atoms with Crippen molar-refractivity contribution in [2.75, 3.05) is 24.6 Å². The molecule has 3 aromatic rings. The predicted molar refractivity (Wildman–Crippen MR) is 144 cm³/mol. The van der Waals surface area contributed by atoms with E-state index in [-0.39, 0.29) is 18.9 Å². The maximum absolute atomic E-state index is 13.7. The Morgan fingerprint density at radius 3 is 2.51 bits per heavy atom. The first-order chi connectivity index (χ1) is 18.2. The van der Waals surface area contributed by atoms with Crippen LogP contribution in [0.4, 0.5) is 5.69 Å². The van der Waals surface area contributed by atoms with E-state index in [1.807, 2.05) is 36.4 Å². The zero-order valence-electron chi connectivity index (χ0n) is 22.6. The van der Waals surface area contributed by atoms with Crippen LogP contribution < -0.4 is 9.64 Å². The second kappa shape index (κ2) is 12.5. The van der Waals surface area contributed by atoms with Gasteiger partial charge in [0.15, 0.2) is 0 Å². The maximum atomic E-state index is 13.7. The van der Waals surface area contributed by atoms with E-state index < -0.39 is 12.0 Å². The molecule has 2 aromatic carbocycles. The summed E-state index contributed by atoms with van der Waals surface area (Å²) in [5.74, 6) is 0.398. The minimum atomic E-state index is -1.17. The van der Waals surface area contributed by atoms with E-state index in [9.17, 15) is 9.59 Å². The van der Waals surface area contributed by atoms with Crippen LogP contribution in [0.1, 0.15) is 63.2 Å². The van der Waals surface area contributed by atoms with E-state index >= 15 is 0 Å². The van der Waals surface area contributed by atoms with Gasteiger partial charge in [0.05, 0.1) is 14.2 Å². The maximum Gasteiger partial charge on any atom is 0.303 e. The summed E-state index contributed by atoms with van der Waals surface area (Å²) in [6, 6.07) is 15.8. The Morgan fingerprint density at radius 2 is 1.89 bits per heavy atom. The zero-order valence-corrected chi connectivity index (χ0v) is 21.6. The van der Waals surface area contributed by atoms with E-state index in [2.05, 4.69) is 11.0 Å². The molecule has 1 fully saturated rings. The molecule has 4 rings (SSSR count). The van der Waals surface area contributed by atoms with Crippen molar-refractivity contribution in [3.63, 3.8) is 0 Å². The molecule has 1 aromatic heterocycles. The number of anilines is 1. The minimum absolute atomic E-state index is 0.161. The van der Waals surface area contributed by atoms with Gasteiger partial charge in [0, 0.05) is 54.5 Å². The van der Waals surface area contributed by atoms with Crippen LogP contribution in [-0.4, -0.2) is 47.6 Å². The number of amides is 1. The van der Waals surface area contributed by atoms with Gasteiger partial charge >= 0.3 is 5.97 Å². The van der Waals surface area contributed by atoms with Crippen LogP contribution in [0.3, 0.4) is 0 Å². The Kier molecular flexibility index (Phi) is 8.41. The summed E-state index contributed by atoms with van der Waals surface area (Å²) in [5.41, 5.74) is 3.31. The first-order valence-electron chi connectivity index (χ1n) is 13.4. The largest absolute Gasteiger partial charge is 0.493 e. The molecular formula is C30H36N2O5. The van der Waals surface area contributed by atoms with E-state index in [1.165, 1.54) is 0 Å². The van der Waals surface area contributed by atoms with Gasteiger partial charge in [0.25, 0.3) is 5.91 Å². The van der Waals surface area contributed by atoms with Crippen LogP contribution in [-0.2, 0) is 11.3 Å². The van der Waals surface area contributed by atoms with Crippen molar-refractivity contribution < 1.29 is 25.2 Å². The molecule has 0 bridgehead atoms. The van der Waals surface area contributed by atoms with Gasteiger partial charge in [-0.25, -0.2) is 0 Å². The molecule has 37 heavy (non-hydrogen) atoms. The van der Waals surface area contributed by atoms with Crippen molar-refractivity contribution in [3.05, 3.63) is 72.0 Å². The normalized spacial score (nSPS) is 13.6. The molecule has 196 valence electrons. The molecule has 1 aliphatic heterocycles. The van der Waals surface area contributed by atoms with Crippen LogP contribution in [0.5, 0.6) is 5.75 Å². The van der Waals surface area contributed by atoms with Gasteiger partial charge < -0.3 is 24.1 Å². The first-order valence-corrected chi connectivity index (χ1v) is 12.9. The topological polar surface area (TPSA) is 83.2 Å². The molecule has 0 radical (unpaired) electrons. The zero-order chi connectivity index (χ0) is 27.1. The van der Waals surface area contributed by atoms with Crippen molar-refractivity contribution in [3.8, 4) is 17.1 Å². The highest BCUT2D eigenvalue weighted by Crippen LogP contribution is 2.30. The number of carbonyl (C=O) groups is 2. The summed E-state index contributed by atoms with van der Waals surface area (Å²) < 4.78 is 20.3. The fraction of sp³-hybridized carbons (Fsp3) is 0.400. The monoisotopic (exact) mass is 505 g/mol. The number of furan rings is 1. The number of unbranched alkanes of at least 4 members (excludes halogenated alkanes) is 2. The standard InChI is InChI=1S/C30H36N2O5/c1-22(2)32(30(35)24-12-10-23(11-13-24)27-8-6-19-37-27)21-25-20-26(31-16-7-17-31)14-15-28(25)36-18-5-3-4-9-29(33)34/h6,8,10-15,19-20,22H,3-5,7,9,16-18,21H2,1-2H3,(H,33,34)/i22D.